The molecule has 0 spiro atoms. The summed E-state index contributed by atoms with van der Waals surface area (Å²) in [6.45, 7) is 15.1. The molecule has 0 aliphatic heterocycles. The van der Waals surface area contributed by atoms with Crippen LogP contribution in [0.3, 0.4) is 0 Å². The molecule has 268 valence electrons. The highest BCUT2D eigenvalue weighted by molar-refractivity contribution is 6.77. The summed E-state index contributed by atoms with van der Waals surface area (Å²) in [6, 6.07) is 30.1. The van der Waals surface area contributed by atoms with Gasteiger partial charge < -0.3 is 23.4 Å². The quantitative estimate of drug-likeness (QED) is 0.0684. The van der Waals surface area contributed by atoms with Crippen molar-refractivity contribution in [3.8, 4) is 0 Å². The third-order valence-electron chi connectivity index (χ3n) is 9.65. The molecule has 6 nitrogen and oxygen atoms in total. The van der Waals surface area contributed by atoms with Crippen LogP contribution in [-0.2, 0) is 43.2 Å². The molecule has 0 saturated heterocycles. The van der Waals surface area contributed by atoms with Crippen molar-refractivity contribution in [1.29, 1.82) is 5.41 Å². The van der Waals surface area contributed by atoms with Gasteiger partial charge in [0.2, 0.25) is 5.90 Å². The Morgan fingerprint density at radius 1 is 0.653 bits per heavy atom. The summed E-state index contributed by atoms with van der Waals surface area (Å²) in [6.07, 6.45) is -1.91. The van der Waals surface area contributed by atoms with Crippen molar-refractivity contribution in [3.05, 3.63) is 108 Å². The average molecular weight is 749 g/mol. The van der Waals surface area contributed by atoms with E-state index < -0.39 is 42.4 Å². The highest BCUT2D eigenvalue weighted by Gasteiger charge is 2.52. The maximum atomic E-state index is 8.57. The Labute approximate surface area is 309 Å². The Hall–Kier alpha value is -1.94. The second-order valence-corrected chi connectivity index (χ2v) is 21.6. The number of ether oxygens (including phenoxy) is 4. The van der Waals surface area contributed by atoms with Gasteiger partial charge in [-0.15, -0.1) is 0 Å². The van der Waals surface area contributed by atoms with Gasteiger partial charge in [-0.2, -0.15) is 0 Å². The molecule has 10 heteroatoms. The fraction of sp³-hybridized carbons (Fsp3) is 0.513. The molecule has 0 bridgehead atoms. The molecule has 0 radical (unpaired) electrons. The Morgan fingerprint density at radius 2 is 1.04 bits per heavy atom. The standard InChI is InChI=1S/C39H52Cl3NO5Si/c1-27(2)49(28(3)4,29(5)6)47-26-33-22-34(48-38(43)39(40,41)42)36(45-24-31-18-12-8-13-19-31)37(46-25-32-20-14-9-15-21-32)35(33)44-23-30-16-10-7-11-17-30/h7-21,27-29,33-37,43H,22-26H2,1-6H3. The second kappa shape index (κ2) is 18.5. The number of hydrogen-bond donors (Lipinski definition) is 1. The average Bonchev–Trinajstić information content (AvgIpc) is 3.07. The fourth-order valence-corrected chi connectivity index (χ4v) is 13.0. The van der Waals surface area contributed by atoms with Gasteiger partial charge in [0.15, 0.2) is 8.32 Å². The Morgan fingerprint density at radius 3 is 1.43 bits per heavy atom. The summed E-state index contributed by atoms with van der Waals surface area (Å²) in [7, 11) is -2.26. The minimum Gasteiger partial charge on any atom is -0.472 e. The van der Waals surface area contributed by atoms with E-state index in [-0.39, 0.29) is 5.92 Å². The molecule has 1 aliphatic rings. The van der Waals surface area contributed by atoms with Crippen molar-refractivity contribution < 1.29 is 23.4 Å². The molecule has 1 N–H and O–H groups in total. The first kappa shape index (κ1) is 39.8. The normalized spacial score (nSPS) is 21.8. The van der Waals surface area contributed by atoms with Gasteiger partial charge in [-0.3, -0.25) is 5.41 Å². The topological polar surface area (TPSA) is 70.0 Å². The van der Waals surface area contributed by atoms with Crippen molar-refractivity contribution in [2.45, 2.75) is 113 Å². The van der Waals surface area contributed by atoms with Crippen molar-refractivity contribution in [2.75, 3.05) is 6.61 Å². The van der Waals surface area contributed by atoms with Gasteiger partial charge in [-0.1, -0.05) is 167 Å². The minimum atomic E-state index is -2.26. The highest BCUT2D eigenvalue weighted by Crippen LogP contribution is 2.44. The van der Waals surface area contributed by atoms with E-state index in [4.69, 9.17) is 63.6 Å². The Kier molecular flexibility index (Phi) is 15.1. The summed E-state index contributed by atoms with van der Waals surface area (Å²) in [5.74, 6) is -0.631. The number of rotatable bonds is 16. The summed E-state index contributed by atoms with van der Waals surface area (Å²) < 4.78 is 31.8. The van der Waals surface area contributed by atoms with E-state index in [1.165, 1.54) is 0 Å². The van der Waals surface area contributed by atoms with Gasteiger partial charge in [0.25, 0.3) is 3.79 Å². The molecule has 0 aromatic heterocycles. The predicted octanol–water partition coefficient (Wildman–Crippen LogP) is 10.7. The molecular weight excluding hydrogens is 697 g/mol. The lowest BCUT2D eigenvalue weighted by Gasteiger charge is -2.48. The van der Waals surface area contributed by atoms with E-state index in [9.17, 15) is 0 Å². The van der Waals surface area contributed by atoms with Gasteiger partial charge in [0.05, 0.1) is 25.9 Å². The largest absolute Gasteiger partial charge is 0.472 e. The van der Waals surface area contributed by atoms with E-state index in [2.05, 4.69) is 53.7 Å². The number of benzene rings is 3. The summed E-state index contributed by atoms with van der Waals surface area (Å²) >= 11 is 18.5. The molecule has 49 heavy (non-hydrogen) atoms. The number of alkyl halides is 3. The third-order valence-corrected chi connectivity index (χ3v) is 16.2. The number of hydrogen-bond acceptors (Lipinski definition) is 6. The van der Waals surface area contributed by atoms with Crippen LogP contribution in [0.2, 0.25) is 16.6 Å². The van der Waals surface area contributed by atoms with Crippen LogP contribution in [0.4, 0.5) is 0 Å². The lowest BCUT2D eigenvalue weighted by Crippen LogP contribution is -2.59. The Balaban J connectivity index is 1.76. The third kappa shape index (κ3) is 10.8. The monoisotopic (exact) mass is 747 g/mol. The zero-order valence-corrected chi connectivity index (χ0v) is 32.8. The first-order valence-corrected chi connectivity index (χ1v) is 20.5. The minimum absolute atomic E-state index is 0.169. The fourth-order valence-electron chi connectivity index (χ4n) is 7.40. The van der Waals surface area contributed by atoms with Crippen molar-refractivity contribution in [1.82, 2.24) is 0 Å². The predicted molar refractivity (Wildman–Crippen MR) is 203 cm³/mol. The molecule has 3 aromatic rings. The first-order chi connectivity index (χ1) is 23.3. The molecule has 5 atom stereocenters. The van der Waals surface area contributed by atoms with Crippen LogP contribution in [0.25, 0.3) is 0 Å². The van der Waals surface area contributed by atoms with Gasteiger partial charge in [-0.05, 0) is 39.7 Å². The summed E-state index contributed by atoms with van der Waals surface area (Å²) in [5, 5.41) is 8.57. The molecule has 4 rings (SSSR count). The van der Waals surface area contributed by atoms with Crippen LogP contribution in [-0.4, -0.2) is 49.0 Å². The smallest absolute Gasteiger partial charge is 0.265 e. The van der Waals surface area contributed by atoms with E-state index in [1.807, 2.05) is 78.9 Å². The van der Waals surface area contributed by atoms with E-state index in [0.717, 1.165) is 16.7 Å². The Bertz CT molecular complexity index is 1390. The van der Waals surface area contributed by atoms with Crippen LogP contribution < -0.4 is 0 Å². The van der Waals surface area contributed by atoms with Gasteiger partial charge in [-0.25, -0.2) is 0 Å². The second-order valence-electron chi connectivity index (χ2n) is 13.9. The maximum Gasteiger partial charge on any atom is 0.265 e. The van der Waals surface area contributed by atoms with Crippen LogP contribution in [0.5, 0.6) is 0 Å². The molecule has 5 unspecified atom stereocenters. The number of nitrogens with one attached hydrogen (secondary N) is 1. The lowest BCUT2D eigenvalue weighted by molar-refractivity contribution is -0.219. The van der Waals surface area contributed by atoms with Crippen molar-refractivity contribution in [3.63, 3.8) is 0 Å². The van der Waals surface area contributed by atoms with E-state index in [0.29, 0.717) is 49.5 Å². The van der Waals surface area contributed by atoms with Gasteiger partial charge >= 0.3 is 0 Å². The van der Waals surface area contributed by atoms with Crippen LogP contribution >= 0.6 is 34.8 Å². The molecule has 1 aliphatic carbocycles. The molecule has 0 heterocycles. The first-order valence-electron chi connectivity index (χ1n) is 17.3. The zero-order chi connectivity index (χ0) is 35.6. The molecule has 1 fully saturated rings. The van der Waals surface area contributed by atoms with Crippen LogP contribution in [0.1, 0.15) is 64.7 Å². The molecule has 1 saturated carbocycles. The van der Waals surface area contributed by atoms with Crippen LogP contribution in [0, 0.1) is 11.3 Å². The molecule has 3 aromatic carbocycles. The zero-order valence-electron chi connectivity index (χ0n) is 29.5. The number of halogens is 3. The van der Waals surface area contributed by atoms with E-state index in [1.54, 1.807) is 0 Å². The van der Waals surface area contributed by atoms with E-state index >= 15 is 0 Å². The molecule has 0 amide bonds. The van der Waals surface area contributed by atoms with Gasteiger partial charge in [0.1, 0.15) is 18.3 Å². The molecular formula is C39H52Cl3NO5Si. The lowest BCUT2D eigenvalue weighted by atomic mass is 9.80. The van der Waals surface area contributed by atoms with Crippen LogP contribution in [0.15, 0.2) is 91.0 Å². The summed E-state index contributed by atoms with van der Waals surface area (Å²) in [5.41, 5.74) is 4.26. The highest BCUT2D eigenvalue weighted by atomic mass is 35.6. The van der Waals surface area contributed by atoms with Crippen molar-refractivity contribution >= 4 is 49.0 Å². The van der Waals surface area contributed by atoms with Crippen molar-refractivity contribution in [2.24, 2.45) is 5.92 Å². The summed E-state index contributed by atoms with van der Waals surface area (Å²) in [4.78, 5) is 0. The maximum absolute atomic E-state index is 8.57. The SMILES string of the molecule is CC(C)[Si](OCC1CC(OC(=N)C(Cl)(Cl)Cl)C(OCc2ccccc2)C(OCc2ccccc2)C1OCc1ccccc1)(C(C)C)C(C)C. The van der Waals surface area contributed by atoms with Gasteiger partial charge in [0, 0.05) is 12.5 Å².